The lowest BCUT2D eigenvalue weighted by Gasteiger charge is -2.16. The second kappa shape index (κ2) is 13.6. The highest BCUT2D eigenvalue weighted by Gasteiger charge is 2.20. The first kappa shape index (κ1) is 27.2. The summed E-state index contributed by atoms with van der Waals surface area (Å²) in [5.41, 5.74) is 2.09. The first-order chi connectivity index (χ1) is 17.0. The molecule has 7 heteroatoms. The Morgan fingerprint density at radius 1 is 1.03 bits per heavy atom. The minimum atomic E-state index is -0.758. The maximum absolute atomic E-state index is 11.8. The van der Waals surface area contributed by atoms with Crippen LogP contribution in [0.15, 0.2) is 66.8 Å². The molecule has 35 heavy (non-hydrogen) atoms. The Morgan fingerprint density at radius 2 is 1.71 bits per heavy atom. The number of benzene rings is 2. The van der Waals surface area contributed by atoms with Gasteiger partial charge in [0.2, 0.25) is 0 Å². The molecule has 2 aromatic carbocycles. The van der Waals surface area contributed by atoms with Crippen molar-refractivity contribution in [1.29, 1.82) is 0 Å². The number of aromatic nitrogens is 3. The van der Waals surface area contributed by atoms with E-state index in [2.05, 4.69) is 15.0 Å². The molecule has 3 rings (SSSR count). The number of carbonyl (C=O) groups is 1. The topological polar surface area (TPSA) is 94.4 Å². The van der Waals surface area contributed by atoms with Crippen molar-refractivity contribution < 1.29 is 19.4 Å². The highest BCUT2D eigenvalue weighted by Crippen LogP contribution is 2.32. The van der Waals surface area contributed by atoms with Gasteiger partial charge in [-0.15, -0.1) is 0 Å². The molecule has 184 valence electrons. The molecule has 0 aliphatic carbocycles. The van der Waals surface area contributed by atoms with Crippen LogP contribution in [0.4, 0.5) is 0 Å². The van der Waals surface area contributed by atoms with Crippen molar-refractivity contribution in [2.75, 3.05) is 7.11 Å². The van der Waals surface area contributed by atoms with Crippen LogP contribution >= 0.6 is 0 Å². The number of ether oxygens (including phenoxy) is 2. The fraction of sp³-hybridized carbons (Fsp3) is 0.286. The Bertz CT molecular complexity index is 1170. The first-order valence-electron chi connectivity index (χ1n) is 11.7. The number of phenols is 1. The Hall–Kier alpha value is -4.00. The zero-order chi connectivity index (χ0) is 25.8. The van der Waals surface area contributed by atoms with Gasteiger partial charge in [0, 0.05) is 17.2 Å². The van der Waals surface area contributed by atoms with Crippen LogP contribution in [0, 0.1) is 0 Å². The van der Waals surface area contributed by atoms with Gasteiger partial charge in [-0.1, -0.05) is 69.3 Å². The summed E-state index contributed by atoms with van der Waals surface area (Å²) >= 11 is 0. The second-order valence-electron chi connectivity index (χ2n) is 7.13. The van der Waals surface area contributed by atoms with E-state index in [1.54, 1.807) is 12.1 Å². The molecule has 0 aliphatic heterocycles. The van der Waals surface area contributed by atoms with Gasteiger partial charge in [-0.05, 0) is 32.4 Å². The first-order valence-corrected chi connectivity index (χ1v) is 11.7. The smallest absolute Gasteiger partial charge is 0.347 e. The Morgan fingerprint density at radius 3 is 2.29 bits per heavy atom. The van der Waals surface area contributed by atoms with Crippen LogP contribution < -0.4 is 4.74 Å². The number of nitrogens with zero attached hydrogens (tertiary/aromatic N) is 3. The third-order valence-corrected chi connectivity index (χ3v) is 4.91. The van der Waals surface area contributed by atoms with E-state index in [-0.39, 0.29) is 5.75 Å². The predicted molar refractivity (Wildman–Crippen MR) is 139 cm³/mol. The molecule has 1 atom stereocenters. The average molecular weight is 476 g/mol. The summed E-state index contributed by atoms with van der Waals surface area (Å²) in [5, 5.41) is 10.8. The normalized spacial score (nSPS) is 12.0. The van der Waals surface area contributed by atoms with E-state index in [1.165, 1.54) is 13.2 Å². The third kappa shape index (κ3) is 6.99. The monoisotopic (exact) mass is 475 g/mol. The van der Waals surface area contributed by atoms with Crippen LogP contribution in [0.3, 0.4) is 0 Å². The Balaban J connectivity index is 0.00000210. The van der Waals surface area contributed by atoms with E-state index < -0.39 is 12.1 Å². The van der Waals surface area contributed by atoms with Crippen molar-refractivity contribution in [3.63, 3.8) is 0 Å². The highest BCUT2D eigenvalue weighted by atomic mass is 16.6. The molecule has 0 saturated heterocycles. The highest BCUT2D eigenvalue weighted by molar-refractivity contribution is 5.75. The number of phenolic OH excluding ortho intramolecular Hbond substituents is 1. The summed E-state index contributed by atoms with van der Waals surface area (Å²) < 4.78 is 10.4. The lowest BCUT2D eigenvalue weighted by atomic mass is 10.1. The number of allylic oxidation sites excluding steroid dienone is 4. The van der Waals surface area contributed by atoms with Crippen LogP contribution in [0.5, 0.6) is 11.5 Å². The molecule has 0 saturated carbocycles. The van der Waals surface area contributed by atoms with Gasteiger partial charge in [0.25, 0.3) is 0 Å². The van der Waals surface area contributed by atoms with E-state index in [0.29, 0.717) is 35.2 Å². The maximum atomic E-state index is 11.8. The van der Waals surface area contributed by atoms with Gasteiger partial charge >= 0.3 is 5.97 Å². The Labute approximate surface area is 207 Å². The molecule has 1 N–H and O–H groups in total. The molecule has 1 aromatic heterocycles. The van der Waals surface area contributed by atoms with E-state index in [1.807, 2.05) is 83.2 Å². The zero-order valence-electron chi connectivity index (χ0n) is 21.1. The molecule has 7 nitrogen and oxygen atoms in total. The molecule has 0 fully saturated rings. The van der Waals surface area contributed by atoms with E-state index >= 15 is 0 Å². The van der Waals surface area contributed by atoms with Gasteiger partial charge in [0.05, 0.1) is 12.7 Å². The molecule has 0 amide bonds. The lowest BCUT2D eigenvalue weighted by molar-refractivity contribution is -0.148. The molecule has 0 aliphatic rings. The number of esters is 1. The second-order valence-corrected chi connectivity index (χ2v) is 7.13. The molecule has 0 spiro atoms. The van der Waals surface area contributed by atoms with Crippen LogP contribution in [0.25, 0.3) is 28.3 Å². The fourth-order valence-corrected chi connectivity index (χ4v) is 3.19. The van der Waals surface area contributed by atoms with Gasteiger partial charge in [0.1, 0.15) is 11.5 Å². The van der Waals surface area contributed by atoms with Gasteiger partial charge in [-0.2, -0.15) is 0 Å². The summed E-state index contributed by atoms with van der Waals surface area (Å²) in [6.07, 6.45) is 5.43. The molecular weight excluding hydrogens is 442 g/mol. The van der Waals surface area contributed by atoms with Crippen molar-refractivity contribution in [3.8, 4) is 34.3 Å². The number of rotatable bonds is 8. The van der Waals surface area contributed by atoms with E-state index in [9.17, 15) is 9.90 Å². The van der Waals surface area contributed by atoms with Crippen molar-refractivity contribution in [1.82, 2.24) is 15.0 Å². The van der Waals surface area contributed by atoms with Crippen molar-refractivity contribution in [2.45, 2.75) is 47.1 Å². The van der Waals surface area contributed by atoms with E-state index in [0.717, 1.165) is 11.1 Å². The standard InChI is InChI=1S/C26H27N3O4.C2H6/c1-5-11-17(6-2)23-27-24(18-12-9-8-10-13-18)29-25(28-23)20-15-14-19(16-21(20)30)33-22(7-3)26(31)32-4;1-2/h5-6,8-16,22,30H,7H2,1-4H3;1-2H3/b11-5-,17-6+;. The molecule has 1 heterocycles. The lowest BCUT2D eigenvalue weighted by Crippen LogP contribution is -2.27. The molecular formula is C28H33N3O4. The average Bonchev–Trinajstić information content (AvgIpc) is 2.91. The van der Waals surface area contributed by atoms with Gasteiger partial charge in [0.15, 0.2) is 23.6 Å². The summed E-state index contributed by atoms with van der Waals surface area (Å²) in [7, 11) is 1.31. The van der Waals surface area contributed by atoms with Crippen molar-refractivity contribution >= 4 is 11.5 Å². The molecule has 3 aromatic rings. The predicted octanol–water partition coefficient (Wildman–Crippen LogP) is 6.25. The molecule has 0 radical (unpaired) electrons. The van der Waals surface area contributed by atoms with Crippen LogP contribution in [-0.2, 0) is 9.53 Å². The number of methoxy groups -OCH3 is 1. The van der Waals surface area contributed by atoms with Crippen LogP contribution in [-0.4, -0.2) is 39.2 Å². The number of aromatic hydroxyl groups is 1. The number of hydrogen-bond donors (Lipinski definition) is 1. The van der Waals surface area contributed by atoms with Crippen LogP contribution in [0.1, 0.15) is 46.9 Å². The fourth-order valence-electron chi connectivity index (χ4n) is 3.19. The van der Waals surface area contributed by atoms with Gasteiger partial charge < -0.3 is 14.6 Å². The summed E-state index contributed by atoms with van der Waals surface area (Å²) in [6.45, 7) is 9.65. The SMILES string of the molecule is C/C=C\C(=C/C)c1nc(-c2ccccc2)nc(-c2ccc(OC(CC)C(=O)OC)cc2O)n1.CC. The quantitative estimate of drug-likeness (QED) is 0.304. The van der Waals surface area contributed by atoms with Crippen molar-refractivity contribution in [2.24, 2.45) is 0 Å². The van der Waals surface area contributed by atoms with Crippen LogP contribution in [0.2, 0.25) is 0 Å². The third-order valence-electron chi connectivity index (χ3n) is 4.91. The zero-order valence-corrected chi connectivity index (χ0v) is 21.1. The molecule has 0 bridgehead atoms. The molecule has 1 unspecified atom stereocenters. The summed E-state index contributed by atoms with van der Waals surface area (Å²) in [5.74, 6) is 1.11. The summed E-state index contributed by atoms with van der Waals surface area (Å²) in [6, 6.07) is 14.3. The summed E-state index contributed by atoms with van der Waals surface area (Å²) in [4.78, 5) is 25.7. The van der Waals surface area contributed by atoms with Gasteiger partial charge in [-0.3, -0.25) is 0 Å². The van der Waals surface area contributed by atoms with Gasteiger partial charge in [-0.25, -0.2) is 19.7 Å². The largest absolute Gasteiger partial charge is 0.507 e. The Kier molecular flexibility index (Phi) is 10.6. The van der Waals surface area contributed by atoms with E-state index in [4.69, 9.17) is 9.47 Å². The number of hydrogen-bond acceptors (Lipinski definition) is 7. The minimum Gasteiger partial charge on any atom is -0.507 e. The maximum Gasteiger partial charge on any atom is 0.347 e. The number of carbonyl (C=O) groups excluding carboxylic acids is 1. The minimum absolute atomic E-state index is 0.0727. The van der Waals surface area contributed by atoms with Crippen molar-refractivity contribution in [3.05, 3.63) is 72.6 Å².